The summed E-state index contributed by atoms with van der Waals surface area (Å²) in [5.74, 6) is -0.171. The lowest BCUT2D eigenvalue weighted by molar-refractivity contribution is -0.128. The van der Waals surface area contributed by atoms with Crippen LogP contribution < -0.4 is 0 Å². The summed E-state index contributed by atoms with van der Waals surface area (Å²) in [5.41, 5.74) is 0. The molecule has 0 aliphatic heterocycles. The van der Waals surface area contributed by atoms with Crippen LogP contribution in [0.5, 0.6) is 0 Å². The zero-order valence-corrected chi connectivity index (χ0v) is 11.3. The highest BCUT2D eigenvalue weighted by molar-refractivity contribution is 8.13. The number of hydrogen-bond donors (Lipinski definition) is 0. The number of rotatable bonds is 5. The van der Waals surface area contributed by atoms with Gasteiger partial charge in [0.1, 0.15) is 5.78 Å². The number of benzene rings is 1. The van der Waals surface area contributed by atoms with Crippen LogP contribution in [0.2, 0.25) is 0 Å². The Balaban J connectivity index is 2.56. The van der Waals surface area contributed by atoms with Crippen LogP contribution in [0, 0.1) is 11.8 Å². The molecule has 1 unspecified atom stereocenters. The standard InChI is InChI=1S/C14H18O2S/c1-10(2)9-13(15)11(3)14(16)17-12-7-5-4-6-8-12/h4-8,10-11H,9H2,1-3H3. The van der Waals surface area contributed by atoms with Crippen molar-refractivity contribution in [2.45, 2.75) is 32.1 Å². The lowest BCUT2D eigenvalue weighted by atomic mass is 9.99. The normalized spacial score (nSPS) is 12.5. The molecule has 0 fully saturated rings. The van der Waals surface area contributed by atoms with Gasteiger partial charge >= 0.3 is 0 Å². The fraction of sp³-hybridized carbons (Fsp3) is 0.429. The quantitative estimate of drug-likeness (QED) is 0.592. The van der Waals surface area contributed by atoms with Gasteiger partial charge in [-0.2, -0.15) is 0 Å². The maximum atomic E-state index is 11.9. The van der Waals surface area contributed by atoms with Crippen LogP contribution in [0.4, 0.5) is 0 Å². The number of carbonyl (C=O) groups excluding carboxylic acids is 2. The molecule has 1 rings (SSSR count). The van der Waals surface area contributed by atoms with Crippen molar-refractivity contribution in [2.24, 2.45) is 11.8 Å². The molecule has 0 saturated heterocycles. The van der Waals surface area contributed by atoms with Gasteiger partial charge in [-0.3, -0.25) is 9.59 Å². The third kappa shape index (κ3) is 4.73. The number of ketones is 1. The van der Waals surface area contributed by atoms with E-state index < -0.39 is 5.92 Å². The van der Waals surface area contributed by atoms with Crippen molar-refractivity contribution in [3.8, 4) is 0 Å². The second-order valence-corrected chi connectivity index (χ2v) is 5.60. The van der Waals surface area contributed by atoms with E-state index >= 15 is 0 Å². The molecule has 0 amide bonds. The van der Waals surface area contributed by atoms with Crippen molar-refractivity contribution in [1.29, 1.82) is 0 Å². The van der Waals surface area contributed by atoms with Gasteiger partial charge in [0, 0.05) is 11.3 Å². The first kappa shape index (κ1) is 14.0. The zero-order valence-electron chi connectivity index (χ0n) is 10.5. The van der Waals surface area contributed by atoms with Gasteiger partial charge in [-0.25, -0.2) is 0 Å². The first-order chi connectivity index (χ1) is 8.00. The Bertz CT molecular complexity index is 384. The maximum absolute atomic E-state index is 11.9. The molecule has 0 heterocycles. The van der Waals surface area contributed by atoms with Gasteiger partial charge in [0.25, 0.3) is 0 Å². The summed E-state index contributed by atoms with van der Waals surface area (Å²) in [6.45, 7) is 5.67. The average Bonchev–Trinajstić information content (AvgIpc) is 2.28. The Kier molecular flexibility index (Phi) is 5.42. The van der Waals surface area contributed by atoms with Crippen LogP contribution in [0.15, 0.2) is 35.2 Å². The summed E-state index contributed by atoms with van der Waals surface area (Å²) in [6.07, 6.45) is 0.474. The summed E-state index contributed by atoms with van der Waals surface area (Å²) < 4.78 is 0. The molecule has 17 heavy (non-hydrogen) atoms. The summed E-state index contributed by atoms with van der Waals surface area (Å²) in [7, 11) is 0. The molecule has 0 saturated carbocycles. The van der Waals surface area contributed by atoms with Crippen molar-refractivity contribution in [3.63, 3.8) is 0 Å². The molecule has 0 aliphatic rings. The van der Waals surface area contributed by atoms with Gasteiger partial charge in [0.2, 0.25) is 5.12 Å². The molecule has 2 nitrogen and oxygen atoms in total. The Morgan fingerprint density at radius 1 is 1.12 bits per heavy atom. The van der Waals surface area contributed by atoms with Gasteiger partial charge in [0.05, 0.1) is 5.92 Å². The largest absolute Gasteiger partial charge is 0.299 e. The van der Waals surface area contributed by atoms with Gasteiger partial charge < -0.3 is 0 Å². The van der Waals surface area contributed by atoms with Crippen LogP contribution in [0.25, 0.3) is 0 Å². The lowest BCUT2D eigenvalue weighted by Crippen LogP contribution is -2.19. The molecule has 0 bridgehead atoms. The molecular weight excluding hydrogens is 232 g/mol. The minimum absolute atomic E-state index is 0.0356. The number of carbonyl (C=O) groups is 2. The Morgan fingerprint density at radius 3 is 2.24 bits per heavy atom. The first-order valence-corrected chi connectivity index (χ1v) is 6.61. The average molecular weight is 250 g/mol. The van der Waals surface area contributed by atoms with E-state index in [0.29, 0.717) is 12.3 Å². The fourth-order valence-electron chi connectivity index (χ4n) is 1.40. The van der Waals surface area contributed by atoms with E-state index in [9.17, 15) is 9.59 Å². The minimum atomic E-state index is -0.511. The summed E-state index contributed by atoms with van der Waals surface area (Å²) in [4.78, 5) is 24.5. The second kappa shape index (κ2) is 6.60. The van der Waals surface area contributed by atoms with Gasteiger partial charge in [-0.1, -0.05) is 43.8 Å². The number of Topliss-reactive ketones (excluding diaryl/α,β-unsaturated/α-hetero) is 1. The van der Waals surface area contributed by atoms with Crippen LogP contribution in [0.1, 0.15) is 27.2 Å². The van der Waals surface area contributed by atoms with E-state index in [4.69, 9.17) is 0 Å². The third-order valence-corrected chi connectivity index (χ3v) is 3.47. The molecule has 1 aromatic rings. The highest BCUT2D eigenvalue weighted by Gasteiger charge is 2.22. The highest BCUT2D eigenvalue weighted by atomic mass is 32.2. The Hall–Kier alpha value is -1.09. The van der Waals surface area contributed by atoms with E-state index in [0.717, 1.165) is 16.7 Å². The van der Waals surface area contributed by atoms with E-state index in [-0.39, 0.29) is 10.9 Å². The van der Waals surface area contributed by atoms with Crippen molar-refractivity contribution in [2.75, 3.05) is 0 Å². The lowest BCUT2D eigenvalue weighted by Gasteiger charge is -2.10. The first-order valence-electron chi connectivity index (χ1n) is 5.80. The topological polar surface area (TPSA) is 34.1 Å². The smallest absolute Gasteiger partial charge is 0.203 e. The van der Waals surface area contributed by atoms with Crippen molar-refractivity contribution in [1.82, 2.24) is 0 Å². The second-order valence-electron chi connectivity index (χ2n) is 4.52. The molecule has 0 radical (unpaired) electrons. The monoisotopic (exact) mass is 250 g/mol. The molecule has 0 aliphatic carbocycles. The summed E-state index contributed by atoms with van der Waals surface area (Å²) in [5, 5.41) is -0.0677. The predicted molar refractivity (Wildman–Crippen MR) is 70.9 cm³/mol. The van der Waals surface area contributed by atoms with Crippen molar-refractivity contribution >= 4 is 22.7 Å². The molecule has 1 atom stereocenters. The van der Waals surface area contributed by atoms with E-state index in [2.05, 4.69) is 0 Å². The van der Waals surface area contributed by atoms with Gasteiger partial charge in [0.15, 0.2) is 0 Å². The minimum Gasteiger partial charge on any atom is -0.299 e. The Morgan fingerprint density at radius 2 is 1.71 bits per heavy atom. The molecule has 1 aromatic carbocycles. The molecule has 0 spiro atoms. The van der Waals surface area contributed by atoms with Crippen LogP contribution in [-0.2, 0) is 9.59 Å². The molecule has 92 valence electrons. The van der Waals surface area contributed by atoms with Gasteiger partial charge in [-0.05, 0) is 25.0 Å². The number of thioether (sulfide) groups is 1. The molecule has 0 aromatic heterocycles. The summed E-state index contributed by atoms with van der Waals surface area (Å²) >= 11 is 1.15. The molecule has 3 heteroatoms. The van der Waals surface area contributed by atoms with Crippen LogP contribution in [-0.4, -0.2) is 10.9 Å². The SMILES string of the molecule is CC(C)CC(=O)C(C)C(=O)Sc1ccccc1. The van der Waals surface area contributed by atoms with E-state index in [1.807, 2.05) is 44.2 Å². The van der Waals surface area contributed by atoms with E-state index in [1.54, 1.807) is 6.92 Å². The van der Waals surface area contributed by atoms with E-state index in [1.165, 1.54) is 0 Å². The number of hydrogen-bond acceptors (Lipinski definition) is 3. The van der Waals surface area contributed by atoms with Crippen molar-refractivity contribution in [3.05, 3.63) is 30.3 Å². The Labute approximate surface area is 107 Å². The van der Waals surface area contributed by atoms with Crippen LogP contribution >= 0.6 is 11.8 Å². The predicted octanol–water partition coefficient (Wildman–Crippen LogP) is 3.56. The fourth-order valence-corrected chi connectivity index (χ4v) is 2.24. The van der Waals surface area contributed by atoms with Gasteiger partial charge in [-0.15, -0.1) is 0 Å². The zero-order chi connectivity index (χ0) is 12.8. The molecular formula is C14H18O2S. The summed E-state index contributed by atoms with van der Waals surface area (Å²) in [6, 6.07) is 9.43. The van der Waals surface area contributed by atoms with Crippen LogP contribution in [0.3, 0.4) is 0 Å². The molecule has 0 N–H and O–H groups in total. The van der Waals surface area contributed by atoms with Crippen molar-refractivity contribution < 1.29 is 9.59 Å². The maximum Gasteiger partial charge on any atom is 0.203 e. The highest BCUT2D eigenvalue weighted by Crippen LogP contribution is 2.23. The third-order valence-electron chi connectivity index (χ3n) is 2.41.